The van der Waals surface area contributed by atoms with Gasteiger partial charge in [0.1, 0.15) is 0 Å². The fourth-order valence-electron chi connectivity index (χ4n) is 2.35. The molecular weight excluding hydrogens is 224 g/mol. The van der Waals surface area contributed by atoms with Crippen LogP contribution in [0.25, 0.3) is 0 Å². The fraction of sp³-hybridized carbons (Fsp3) is 1.00. The summed E-state index contributed by atoms with van der Waals surface area (Å²) in [6.45, 7) is 9.62. The average molecular weight is 256 g/mol. The van der Waals surface area contributed by atoms with Gasteiger partial charge in [0.25, 0.3) is 0 Å². The zero-order valence-corrected chi connectivity index (χ0v) is 12.9. The monoisotopic (exact) mass is 256 g/mol. The van der Waals surface area contributed by atoms with Gasteiger partial charge in [-0.05, 0) is 67.2 Å². The molecule has 0 aliphatic carbocycles. The minimum absolute atomic E-state index is 1.18. The summed E-state index contributed by atoms with van der Waals surface area (Å²) in [5.41, 5.74) is 0. The Hall–Kier alpha value is -0.160. The van der Waals surface area contributed by atoms with Gasteiger partial charge in [0.15, 0.2) is 0 Å². The number of hydrogen-bond acceptors (Lipinski definition) is 4. The van der Waals surface area contributed by atoms with Crippen LogP contribution in [0.1, 0.15) is 12.8 Å². The van der Waals surface area contributed by atoms with Crippen LogP contribution in [0.15, 0.2) is 0 Å². The van der Waals surface area contributed by atoms with E-state index in [0.717, 1.165) is 0 Å². The largest absolute Gasteiger partial charge is 0.306 e. The van der Waals surface area contributed by atoms with Gasteiger partial charge >= 0.3 is 0 Å². The van der Waals surface area contributed by atoms with Crippen LogP contribution in [-0.4, -0.2) is 100 Å². The van der Waals surface area contributed by atoms with E-state index in [4.69, 9.17) is 0 Å². The van der Waals surface area contributed by atoms with Crippen molar-refractivity contribution in [2.75, 3.05) is 80.5 Å². The van der Waals surface area contributed by atoms with Crippen LogP contribution in [0.5, 0.6) is 0 Å². The summed E-state index contributed by atoms with van der Waals surface area (Å²) in [6.07, 6.45) is 2.57. The van der Waals surface area contributed by atoms with E-state index >= 15 is 0 Å². The van der Waals surface area contributed by atoms with Crippen LogP contribution in [0.2, 0.25) is 0 Å². The molecule has 1 rings (SSSR count). The highest BCUT2D eigenvalue weighted by molar-refractivity contribution is 4.63. The molecular formula is C14H32N4. The van der Waals surface area contributed by atoms with Crippen molar-refractivity contribution in [1.82, 2.24) is 19.6 Å². The molecule has 1 heterocycles. The molecule has 1 saturated heterocycles. The zero-order chi connectivity index (χ0) is 13.4. The molecule has 4 heteroatoms. The molecule has 0 saturated carbocycles. The highest BCUT2D eigenvalue weighted by atomic mass is 15.2. The molecule has 0 bridgehead atoms. The van der Waals surface area contributed by atoms with E-state index in [1.54, 1.807) is 0 Å². The Labute approximate surface area is 114 Å². The van der Waals surface area contributed by atoms with Crippen LogP contribution >= 0.6 is 0 Å². The minimum atomic E-state index is 1.18. The number of nitrogens with zero attached hydrogens (tertiary/aromatic N) is 4. The topological polar surface area (TPSA) is 13.0 Å². The summed E-state index contributed by atoms with van der Waals surface area (Å²) >= 11 is 0. The van der Waals surface area contributed by atoms with Gasteiger partial charge in [-0.1, -0.05) is 0 Å². The maximum Gasteiger partial charge on any atom is 0.0107 e. The second-order valence-electron chi connectivity index (χ2n) is 5.92. The van der Waals surface area contributed by atoms with E-state index in [9.17, 15) is 0 Å². The van der Waals surface area contributed by atoms with Gasteiger partial charge in [-0.3, -0.25) is 0 Å². The molecule has 18 heavy (non-hydrogen) atoms. The maximum atomic E-state index is 2.47. The highest BCUT2D eigenvalue weighted by Crippen LogP contribution is 1.97. The Kier molecular flexibility index (Phi) is 7.82. The van der Waals surface area contributed by atoms with E-state index in [1.165, 1.54) is 65.2 Å². The van der Waals surface area contributed by atoms with Crippen molar-refractivity contribution in [2.24, 2.45) is 0 Å². The number of rotatable bonds is 0. The molecule has 108 valence electrons. The average Bonchev–Trinajstić information content (AvgIpc) is 2.33. The Morgan fingerprint density at radius 2 is 0.611 bits per heavy atom. The summed E-state index contributed by atoms with van der Waals surface area (Å²) in [7, 11) is 8.97. The van der Waals surface area contributed by atoms with Crippen molar-refractivity contribution in [3.05, 3.63) is 0 Å². The Morgan fingerprint density at radius 3 is 0.944 bits per heavy atom. The molecule has 0 unspecified atom stereocenters. The standard InChI is InChI=1S/C14H32N4/c1-15-7-5-9-16(2)11-13-18(4)14-12-17(3)10-6-8-15/h5-14H2,1-4H3. The lowest BCUT2D eigenvalue weighted by atomic mass is 10.3. The first-order chi connectivity index (χ1) is 8.58. The predicted molar refractivity (Wildman–Crippen MR) is 79.2 cm³/mol. The molecule has 0 amide bonds. The van der Waals surface area contributed by atoms with E-state index in [2.05, 4.69) is 47.8 Å². The first kappa shape index (κ1) is 15.9. The van der Waals surface area contributed by atoms with E-state index in [-0.39, 0.29) is 0 Å². The van der Waals surface area contributed by atoms with Gasteiger partial charge in [0.2, 0.25) is 0 Å². The molecule has 0 radical (unpaired) electrons. The van der Waals surface area contributed by atoms with Crippen LogP contribution in [0.4, 0.5) is 0 Å². The lowest BCUT2D eigenvalue weighted by Crippen LogP contribution is -2.38. The summed E-state index contributed by atoms with van der Waals surface area (Å²) in [6, 6.07) is 0. The Balaban J connectivity index is 2.37. The minimum Gasteiger partial charge on any atom is -0.306 e. The molecule has 0 aromatic heterocycles. The zero-order valence-electron chi connectivity index (χ0n) is 12.9. The van der Waals surface area contributed by atoms with Gasteiger partial charge in [0, 0.05) is 26.2 Å². The van der Waals surface area contributed by atoms with Crippen LogP contribution in [0, 0.1) is 0 Å². The smallest absolute Gasteiger partial charge is 0.0107 e. The third kappa shape index (κ3) is 7.31. The maximum absolute atomic E-state index is 2.47. The Morgan fingerprint density at radius 1 is 0.389 bits per heavy atom. The molecule has 0 N–H and O–H groups in total. The summed E-state index contributed by atoms with van der Waals surface area (Å²) in [5, 5.41) is 0. The molecule has 1 aliphatic rings. The first-order valence-corrected chi connectivity index (χ1v) is 7.32. The quantitative estimate of drug-likeness (QED) is 0.626. The van der Waals surface area contributed by atoms with Crippen molar-refractivity contribution < 1.29 is 0 Å². The van der Waals surface area contributed by atoms with Gasteiger partial charge in [0.05, 0.1) is 0 Å². The van der Waals surface area contributed by atoms with Gasteiger partial charge < -0.3 is 19.6 Å². The van der Waals surface area contributed by atoms with Crippen LogP contribution in [-0.2, 0) is 0 Å². The van der Waals surface area contributed by atoms with Crippen molar-refractivity contribution in [1.29, 1.82) is 0 Å². The molecule has 1 aliphatic heterocycles. The lowest BCUT2D eigenvalue weighted by Gasteiger charge is -2.26. The van der Waals surface area contributed by atoms with Gasteiger partial charge in [-0.25, -0.2) is 0 Å². The highest BCUT2D eigenvalue weighted by Gasteiger charge is 2.07. The van der Waals surface area contributed by atoms with Crippen molar-refractivity contribution in [3.8, 4) is 0 Å². The summed E-state index contributed by atoms with van der Waals surface area (Å²) in [4.78, 5) is 9.84. The van der Waals surface area contributed by atoms with Gasteiger partial charge in [-0.2, -0.15) is 0 Å². The third-order valence-electron chi connectivity index (χ3n) is 3.89. The summed E-state index contributed by atoms with van der Waals surface area (Å²) < 4.78 is 0. The van der Waals surface area contributed by atoms with Crippen LogP contribution < -0.4 is 0 Å². The van der Waals surface area contributed by atoms with E-state index < -0.39 is 0 Å². The first-order valence-electron chi connectivity index (χ1n) is 7.32. The van der Waals surface area contributed by atoms with E-state index in [1.807, 2.05) is 0 Å². The molecule has 0 aromatic carbocycles. The normalized spacial score (nSPS) is 26.0. The predicted octanol–water partition coefficient (Wildman–Crippen LogP) is 0.507. The molecule has 0 spiro atoms. The molecule has 0 atom stereocenters. The number of likely N-dealkylation sites (N-methyl/N-ethyl adjacent to an activating group) is 3. The SMILES string of the molecule is CN1CCCN(C)CCN(C)CCN(C)CCC1. The summed E-state index contributed by atoms with van der Waals surface area (Å²) in [5.74, 6) is 0. The molecule has 4 nitrogen and oxygen atoms in total. The van der Waals surface area contributed by atoms with E-state index in [0.29, 0.717) is 0 Å². The van der Waals surface area contributed by atoms with Crippen molar-refractivity contribution in [3.63, 3.8) is 0 Å². The fourth-order valence-corrected chi connectivity index (χ4v) is 2.35. The van der Waals surface area contributed by atoms with Crippen molar-refractivity contribution in [2.45, 2.75) is 12.8 Å². The van der Waals surface area contributed by atoms with Crippen LogP contribution in [0.3, 0.4) is 0 Å². The lowest BCUT2D eigenvalue weighted by molar-refractivity contribution is 0.204. The van der Waals surface area contributed by atoms with Gasteiger partial charge in [-0.15, -0.1) is 0 Å². The Bertz CT molecular complexity index is 190. The molecule has 0 aromatic rings. The third-order valence-corrected chi connectivity index (χ3v) is 3.89. The second-order valence-corrected chi connectivity index (χ2v) is 5.92. The molecule has 1 fully saturated rings. The number of hydrogen-bond donors (Lipinski definition) is 0. The van der Waals surface area contributed by atoms with Crippen molar-refractivity contribution >= 4 is 0 Å². The second kappa shape index (κ2) is 8.86.